The number of nitrogens with zero attached hydrogens (tertiary/aromatic N) is 4. The fourth-order valence-electron chi connectivity index (χ4n) is 3.37. The topological polar surface area (TPSA) is 59.8 Å². The van der Waals surface area contributed by atoms with E-state index in [1.165, 1.54) is 6.07 Å². The van der Waals surface area contributed by atoms with Crippen LogP contribution < -0.4 is 15.4 Å². The third kappa shape index (κ3) is 3.77. The van der Waals surface area contributed by atoms with Crippen molar-refractivity contribution < 1.29 is 22.6 Å². The molecule has 0 radical (unpaired) electrons. The van der Waals surface area contributed by atoms with Crippen molar-refractivity contribution in [2.75, 3.05) is 49.3 Å². The van der Waals surface area contributed by atoms with Crippen molar-refractivity contribution in [3.8, 4) is 0 Å². The second kappa shape index (κ2) is 7.31. The number of hydrogen-bond acceptors (Lipinski definition) is 6. The van der Waals surface area contributed by atoms with Gasteiger partial charge in [0.2, 0.25) is 5.95 Å². The Morgan fingerprint density at radius 1 is 1.33 bits per heavy atom. The van der Waals surface area contributed by atoms with Gasteiger partial charge in [-0.1, -0.05) is 0 Å². The molecule has 152 valence electrons. The van der Waals surface area contributed by atoms with Crippen molar-refractivity contribution in [2.45, 2.75) is 45.1 Å². The van der Waals surface area contributed by atoms with Crippen LogP contribution in [0.1, 0.15) is 20.8 Å². The summed E-state index contributed by atoms with van der Waals surface area (Å²) in [6.45, 7) is 6.44. The van der Waals surface area contributed by atoms with Crippen LogP contribution in [0.5, 0.6) is 0 Å². The SMILES string of the molecule is CC(C)OCCN1c2nc(N3CCOCC3)cc(=O)n2C[C@@]1(C)C(F)(F)F. The zero-order valence-electron chi connectivity index (χ0n) is 15.8. The Morgan fingerprint density at radius 3 is 2.59 bits per heavy atom. The summed E-state index contributed by atoms with van der Waals surface area (Å²) >= 11 is 0. The quantitative estimate of drug-likeness (QED) is 0.762. The van der Waals surface area contributed by atoms with Crippen LogP contribution in [0, 0.1) is 0 Å². The molecule has 1 aromatic rings. The van der Waals surface area contributed by atoms with E-state index in [9.17, 15) is 18.0 Å². The predicted molar refractivity (Wildman–Crippen MR) is 94.4 cm³/mol. The van der Waals surface area contributed by atoms with Crippen LogP contribution >= 0.6 is 0 Å². The smallest absolute Gasteiger partial charge is 0.378 e. The Balaban J connectivity index is 1.98. The molecule has 2 aliphatic heterocycles. The zero-order valence-corrected chi connectivity index (χ0v) is 15.8. The fraction of sp³-hybridized carbons (Fsp3) is 0.765. The highest BCUT2D eigenvalue weighted by Crippen LogP contribution is 2.43. The number of morpholine rings is 1. The van der Waals surface area contributed by atoms with Gasteiger partial charge in [-0.05, 0) is 20.8 Å². The van der Waals surface area contributed by atoms with Crippen molar-refractivity contribution in [1.82, 2.24) is 9.55 Å². The Labute approximate surface area is 155 Å². The van der Waals surface area contributed by atoms with Gasteiger partial charge in [0.1, 0.15) is 5.82 Å². The minimum atomic E-state index is -4.52. The maximum atomic E-state index is 13.9. The third-order valence-corrected chi connectivity index (χ3v) is 4.99. The summed E-state index contributed by atoms with van der Waals surface area (Å²) in [7, 11) is 0. The molecule has 0 aliphatic carbocycles. The molecule has 1 fully saturated rings. The Bertz CT molecular complexity index is 731. The molecule has 0 N–H and O–H groups in total. The molecule has 7 nitrogen and oxygen atoms in total. The van der Waals surface area contributed by atoms with Gasteiger partial charge in [-0.2, -0.15) is 18.2 Å². The number of aromatic nitrogens is 2. The number of ether oxygens (including phenoxy) is 2. The third-order valence-electron chi connectivity index (χ3n) is 4.99. The van der Waals surface area contributed by atoms with E-state index in [4.69, 9.17) is 9.47 Å². The molecule has 0 spiro atoms. The first kappa shape index (κ1) is 19.9. The van der Waals surface area contributed by atoms with Gasteiger partial charge in [-0.3, -0.25) is 9.36 Å². The highest BCUT2D eigenvalue weighted by molar-refractivity contribution is 5.49. The second-order valence-corrected chi connectivity index (χ2v) is 7.28. The summed E-state index contributed by atoms with van der Waals surface area (Å²) in [5.41, 5.74) is -2.69. The van der Waals surface area contributed by atoms with Gasteiger partial charge in [0, 0.05) is 25.7 Å². The number of halogens is 3. The van der Waals surface area contributed by atoms with Gasteiger partial charge in [0.25, 0.3) is 5.56 Å². The minimum absolute atomic E-state index is 0.00675. The molecule has 1 saturated heterocycles. The molecule has 1 aromatic heterocycles. The summed E-state index contributed by atoms with van der Waals surface area (Å²) in [6.07, 6.45) is -4.62. The average molecular weight is 390 g/mol. The van der Waals surface area contributed by atoms with Crippen LogP contribution in [0.25, 0.3) is 0 Å². The number of rotatable bonds is 5. The van der Waals surface area contributed by atoms with Crippen LogP contribution in [0.3, 0.4) is 0 Å². The molecule has 0 unspecified atom stereocenters. The maximum absolute atomic E-state index is 13.9. The van der Waals surface area contributed by atoms with Gasteiger partial charge in [-0.15, -0.1) is 0 Å². The van der Waals surface area contributed by atoms with Gasteiger partial charge in [0.15, 0.2) is 5.54 Å². The van der Waals surface area contributed by atoms with Crippen LogP contribution in [0.4, 0.5) is 24.9 Å². The van der Waals surface area contributed by atoms with Crippen molar-refractivity contribution in [3.63, 3.8) is 0 Å². The van der Waals surface area contributed by atoms with Gasteiger partial charge >= 0.3 is 6.18 Å². The summed E-state index contributed by atoms with van der Waals surface area (Å²) in [4.78, 5) is 20.0. The molecule has 1 atom stereocenters. The van der Waals surface area contributed by atoms with Crippen LogP contribution in [-0.2, 0) is 16.0 Å². The van der Waals surface area contributed by atoms with Gasteiger partial charge in [0.05, 0.1) is 32.5 Å². The highest BCUT2D eigenvalue weighted by atomic mass is 19.4. The van der Waals surface area contributed by atoms with E-state index < -0.39 is 23.8 Å². The minimum Gasteiger partial charge on any atom is -0.378 e. The first-order valence-electron chi connectivity index (χ1n) is 9.04. The normalized spacial score (nSPS) is 23.2. The van der Waals surface area contributed by atoms with Crippen LogP contribution in [0.15, 0.2) is 10.9 Å². The van der Waals surface area contributed by atoms with Crippen molar-refractivity contribution in [3.05, 3.63) is 16.4 Å². The van der Waals surface area contributed by atoms with Gasteiger partial charge < -0.3 is 19.3 Å². The molecule has 0 saturated carbocycles. The summed E-state index contributed by atoms with van der Waals surface area (Å²) < 4.78 is 53.5. The van der Waals surface area contributed by atoms with E-state index >= 15 is 0 Å². The summed E-state index contributed by atoms with van der Waals surface area (Å²) in [5.74, 6) is 0.423. The molecule has 3 heterocycles. The largest absolute Gasteiger partial charge is 0.413 e. The monoisotopic (exact) mass is 390 g/mol. The molecular formula is C17H25F3N4O3. The van der Waals surface area contributed by atoms with E-state index in [0.717, 1.165) is 16.4 Å². The predicted octanol–water partition coefficient (Wildman–Crippen LogP) is 1.65. The van der Waals surface area contributed by atoms with E-state index in [0.29, 0.717) is 32.1 Å². The van der Waals surface area contributed by atoms with Crippen molar-refractivity contribution in [2.24, 2.45) is 0 Å². The molecule has 0 aromatic carbocycles. The molecule has 2 aliphatic rings. The Morgan fingerprint density at radius 2 is 2.00 bits per heavy atom. The lowest BCUT2D eigenvalue weighted by Gasteiger charge is -2.37. The van der Waals surface area contributed by atoms with Crippen LogP contribution in [-0.4, -0.2) is 66.8 Å². The summed E-state index contributed by atoms with van der Waals surface area (Å²) in [6, 6.07) is 1.31. The Kier molecular flexibility index (Phi) is 5.40. The lowest BCUT2D eigenvalue weighted by atomic mass is 10.0. The standard InChI is InChI=1S/C17H25F3N4O3/c1-12(2)27-9-6-24-15-21-13(22-4-7-26-8-5-22)10-14(25)23(15)11-16(24,3)17(18,19)20/h10,12H,4-9,11H2,1-3H3/t16-/m0/s1. The van der Waals surface area contributed by atoms with E-state index in [1.54, 1.807) is 0 Å². The fourth-order valence-corrected chi connectivity index (χ4v) is 3.37. The van der Waals surface area contributed by atoms with Crippen molar-refractivity contribution in [1.29, 1.82) is 0 Å². The number of alkyl halides is 3. The zero-order chi connectivity index (χ0) is 19.8. The van der Waals surface area contributed by atoms with Crippen LogP contribution in [0.2, 0.25) is 0 Å². The van der Waals surface area contributed by atoms with Crippen molar-refractivity contribution >= 4 is 11.8 Å². The lowest BCUT2D eigenvalue weighted by Crippen LogP contribution is -2.56. The molecule has 3 rings (SSSR count). The van der Waals surface area contributed by atoms with Gasteiger partial charge in [-0.25, -0.2) is 0 Å². The highest BCUT2D eigenvalue weighted by Gasteiger charge is 2.59. The lowest BCUT2D eigenvalue weighted by molar-refractivity contribution is -0.182. The first-order valence-corrected chi connectivity index (χ1v) is 9.04. The average Bonchev–Trinajstić information content (AvgIpc) is 2.89. The number of anilines is 2. The number of hydrogen-bond donors (Lipinski definition) is 0. The molecule has 27 heavy (non-hydrogen) atoms. The summed E-state index contributed by atoms with van der Waals surface area (Å²) in [5, 5.41) is 0. The number of fused-ring (bicyclic) bond motifs is 1. The Hall–Kier alpha value is -1.81. The molecule has 10 heteroatoms. The first-order chi connectivity index (χ1) is 12.6. The molecule has 0 amide bonds. The molecular weight excluding hydrogens is 365 g/mol. The van der Waals surface area contributed by atoms with E-state index in [-0.39, 0.29) is 25.2 Å². The van der Waals surface area contributed by atoms with E-state index in [2.05, 4.69) is 4.98 Å². The second-order valence-electron chi connectivity index (χ2n) is 7.28. The molecule has 0 bridgehead atoms. The van der Waals surface area contributed by atoms with E-state index in [1.807, 2.05) is 18.7 Å². The maximum Gasteiger partial charge on any atom is 0.413 e.